The minimum absolute atomic E-state index is 0.140. The van der Waals surface area contributed by atoms with E-state index < -0.39 is 0 Å². The predicted octanol–water partition coefficient (Wildman–Crippen LogP) is 5.18. The molecule has 0 radical (unpaired) electrons. The van der Waals surface area contributed by atoms with Gasteiger partial charge in [0.2, 0.25) is 0 Å². The summed E-state index contributed by atoms with van der Waals surface area (Å²) in [4.78, 5) is 0. The van der Waals surface area contributed by atoms with Gasteiger partial charge in [0.05, 0.1) is 17.9 Å². The van der Waals surface area contributed by atoms with Gasteiger partial charge in [-0.2, -0.15) is 5.10 Å². The van der Waals surface area contributed by atoms with Crippen molar-refractivity contribution < 1.29 is 4.52 Å². The molecule has 0 unspecified atom stereocenters. The van der Waals surface area contributed by atoms with Crippen LogP contribution in [0.25, 0.3) is 33.4 Å². The molecule has 0 atom stereocenters. The Morgan fingerprint density at radius 3 is 2.42 bits per heavy atom. The average Bonchev–Trinajstić information content (AvgIpc) is 3.24. The van der Waals surface area contributed by atoms with Gasteiger partial charge in [-0.3, -0.25) is 5.10 Å². The van der Waals surface area contributed by atoms with Crippen LogP contribution in [-0.2, 0) is 5.41 Å². The molecule has 4 nitrogen and oxygen atoms in total. The van der Waals surface area contributed by atoms with Crippen molar-refractivity contribution in [1.82, 2.24) is 15.4 Å². The quantitative estimate of drug-likeness (QED) is 0.554. The number of fused-ring (bicyclic) bond motifs is 1. The Labute approximate surface area is 140 Å². The smallest absolute Gasteiger partial charge is 0.168 e. The lowest BCUT2D eigenvalue weighted by atomic mass is 9.85. The van der Waals surface area contributed by atoms with Gasteiger partial charge in [-0.25, -0.2) is 0 Å². The zero-order valence-corrected chi connectivity index (χ0v) is 14.0. The van der Waals surface area contributed by atoms with Crippen LogP contribution in [-0.4, -0.2) is 15.4 Å². The number of H-pyrrole nitrogens is 1. The second-order valence-electron chi connectivity index (χ2n) is 7.02. The highest BCUT2D eigenvalue weighted by Gasteiger charge is 2.17. The highest BCUT2D eigenvalue weighted by Crippen LogP contribution is 2.38. The van der Waals surface area contributed by atoms with Crippen molar-refractivity contribution in [3.8, 4) is 22.5 Å². The van der Waals surface area contributed by atoms with Crippen LogP contribution >= 0.6 is 0 Å². The van der Waals surface area contributed by atoms with Crippen molar-refractivity contribution in [3.05, 3.63) is 60.4 Å². The zero-order chi connectivity index (χ0) is 16.7. The lowest BCUT2D eigenvalue weighted by Gasteiger charge is -2.19. The molecular formula is C20H19N3O. The first-order valence-corrected chi connectivity index (χ1v) is 8.02. The van der Waals surface area contributed by atoms with Gasteiger partial charge in [-0.15, -0.1) is 0 Å². The molecule has 0 fully saturated rings. The summed E-state index contributed by atoms with van der Waals surface area (Å²) in [5.74, 6) is 0.747. The summed E-state index contributed by atoms with van der Waals surface area (Å²) in [5.41, 5.74) is 5.72. The molecule has 2 heterocycles. The number of hydrogen-bond donors (Lipinski definition) is 1. The van der Waals surface area contributed by atoms with Gasteiger partial charge < -0.3 is 4.52 Å². The Morgan fingerprint density at radius 2 is 1.75 bits per heavy atom. The molecule has 0 bridgehead atoms. The SMILES string of the molecule is CC(C)(C)c1ccc(-c2ccc3[nH]ncc3c2-c2ccno2)cc1. The monoisotopic (exact) mass is 317 g/mol. The van der Waals surface area contributed by atoms with Crippen LogP contribution in [0.5, 0.6) is 0 Å². The molecule has 2 aromatic carbocycles. The van der Waals surface area contributed by atoms with Crippen LogP contribution in [0.4, 0.5) is 0 Å². The van der Waals surface area contributed by atoms with E-state index in [2.05, 4.69) is 72.5 Å². The van der Waals surface area contributed by atoms with Crippen LogP contribution in [0.15, 0.2) is 59.4 Å². The first-order chi connectivity index (χ1) is 11.5. The van der Waals surface area contributed by atoms with E-state index in [1.165, 1.54) is 5.56 Å². The fourth-order valence-corrected chi connectivity index (χ4v) is 3.02. The van der Waals surface area contributed by atoms with E-state index in [1.807, 2.05) is 12.3 Å². The largest absolute Gasteiger partial charge is 0.356 e. The summed E-state index contributed by atoms with van der Waals surface area (Å²) in [6, 6.07) is 14.8. The van der Waals surface area contributed by atoms with Crippen molar-refractivity contribution in [1.29, 1.82) is 0 Å². The van der Waals surface area contributed by atoms with Gasteiger partial charge in [0.15, 0.2) is 5.76 Å². The van der Waals surface area contributed by atoms with E-state index in [0.717, 1.165) is 33.4 Å². The third-order valence-electron chi connectivity index (χ3n) is 4.37. The van der Waals surface area contributed by atoms with Crippen LogP contribution < -0.4 is 0 Å². The average molecular weight is 317 g/mol. The summed E-state index contributed by atoms with van der Waals surface area (Å²) in [6.07, 6.45) is 3.50. The molecule has 0 aliphatic carbocycles. The lowest BCUT2D eigenvalue weighted by Crippen LogP contribution is -2.10. The highest BCUT2D eigenvalue weighted by molar-refractivity contribution is 6.01. The fourth-order valence-electron chi connectivity index (χ4n) is 3.02. The van der Waals surface area contributed by atoms with Gasteiger partial charge in [-0.1, -0.05) is 56.3 Å². The standard InChI is InChI=1S/C20H19N3O/c1-20(2,3)14-6-4-13(5-7-14)15-8-9-17-16(12-21-23-17)19(15)18-10-11-22-24-18/h4-12H,1-3H3,(H,21,23). The Bertz CT molecular complexity index is 974. The van der Waals surface area contributed by atoms with Gasteiger partial charge in [-0.05, 0) is 28.2 Å². The number of nitrogens with one attached hydrogen (secondary N) is 1. The number of hydrogen-bond acceptors (Lipinski definition) is 3. The number of aromatic amines is 1. The van der Waals surface area contributed by atoms with E-state index >= 15 is 0 Å². The number of nitrogens with zero attached hydrogens (tertiary/aromatic N) is 2. The maximum Gasteiger partial charge on any atom is 0.168 e. The van der Waals surface area contributed by atoms with Gasteiger partial charge in [0.1, 0.15) is 0 Å². The van der Waals surface area contributed by atoms with E-state index in [4.69, 9.17) is 4.52 Å². The van der Waals surface area contributed by atoms with E-state index in [1.54, 1.807) is 6.20 Å². The second-order valence-corrected chi connectivity index (χ2v) is 7.02. The van der Waals surface area contributed by atoms with Crippen LogP contribution in [0.3, 0.4) is 0 Å². The molecule has 0 amide bonds. The molecule has 2 aromatic heterocycles. The first-order valence-electron chi connectivity index (χ1n) is 8.02. The summed E-state index contributed by atoms with van der Waals surface area (Å²) in [7, 11) is 0. The van der Waals surface area contributed by atoms with E-state index in [9.17, 15) is 0 Å². The molecule has 4 aromatic rings. The maximum atomic E-state index is 5.45. The molecule has 24 heavy (non-hydrogen) atoms. The van der Waals surface area contributed by atoms with Crippen LogP contribution in [0, 0.1) is 0 Å². The molecular weight excluding hydrogens is 298 g/mol. The summed E-state index contributed by atoms with van der Waals surface area (Å²) in [6.45, 7) is 6.67. The van der Waals surface area contributed by atoms with Crippen molar-refractivity contribution in [2.45, 2.75) is 26.2 Å². The zero-order valence-electron chi connectivity index (χ0n) is 14.0. The molecule has 0 spiro atoms. The molecule has 120 valence electrons. The van der Waals surface area contributed by atoms with Gasteiger partial charge >= 0.3 is 0 Å². The van der Waals surface area contributed by atoms with Gasteiger partial charge in [0, 0.05) is 17.0 Å². The molecule has 1 N–H and O–H groups in total. The summed E-state index contributed by atoms with van der Waals surface area (Å²) >= 11 is 0. The third-order valence-corrected chi connectivity index (χ3v) is 4.37. The topological polar surface area (TPSA) is 54.7 Å². The van der Waals surface area contributed by atoms with Crippen molar-refractivity contribution in [3.63, 3.8) is 0 Å². The lowest BCUT2D eigenvalue weighted by molar-refractivity contribution is 0.432. The van der Waals surface area contributed by atoms with Crippen molar-refractivity contribution in [2.24, 2.45) is 0 Å². The molecule has 0 saturated carbocycles. The number of aromatic nitrogens is 3. The number of benzene rings is 2. The first kappa shape index (κ1) is 14.7. The number of rotatable bonds is 2. The van der Waals surface area contributed by atoms with E-state index in [0.29, 0.717) is 0 Å². The summed E-state index contributed by atoms with van der Waals surface area (Å²) in [5, 5.41) is 12.1. The van der Waals surface area contributed by atoms with E-state index in [-0.39, 0.29) is 5.41 Å². The molecule has 0 aliphatic heterocycles. The van der Waals surface area contributed by atoms with Gasteiger partial charge in [0.25, 0.3) is 0 Å². The summed E-state index contributed by atoms with van der Waals surface area (Å²) < 4.78 is 5.45. The van der Waals surface area contributed by atoms with Crippen molar-refractivity contribution >= 4 is 10.9 Å². The molecule has 4 heteroatoms. The Kier molecular flexibility index (Phi) is 3.27. The minimum atomic E-state index is 0.140. The highest BCUT2D eigenvalue weighted by atomic mass is 16.5. The minimum Gasteiger partial charge on any atom is -0.356 e. The third kappa shape index (κ3) is 2.40. The maximum absolute atomic E-state index is 5.45. The van der Waals surface area contributed by atoms with Crippen LogP contribution in [0.1, 0.15) is 26.3 Å². The Morgan fingerprint density at radius 1 is 0.958 bits per heavy atom. The normalized spacial score (nSPS) is 12.0. The molecule has 0 aliphatic rings. The predicted molar refractivity (Wildman–Crippen MR) is 95.7 cm³/mol. The second kappa shape index (κ2) is 5.34. The Balaban J connectivity index is 1.92. The van der Waals surface area contributed by atoms with Crippen LogP contribution in [0.2, 0.25) is 0 Å². The van der Waals surface area contributed by atoms with Crippen molar-refractivity contribution in [2.75, 3.05) is 0 Å². The molecule has 4 rings (SSSR count). The molecule has 0 saturated heterocycles. The fraction of sp³-hybridized carbons (Fsp3) is 0.200. The Hall–Kier alpha value is -2.88.